The minimum Gasteiger partial charge on any atom is -0.367 e. The van der Waals surface area contributed by atoms with E-state index in [0.717, 1.165) is 36.3 Å². The fourth-order valence-corrected chi connectivity index (χ4v) is 3.50. The summed E-state index contributed by atoms with van der Waals surface area (Å²) in [6.07, 6.45) is 3.00. The lowest BCUT2D eigenvalue weighted by molar-refractivity contribution is -0.121. The minimum atomic E-state index is -0.208. The number of H-pyrrole nitrogens is 1. The number of rotatable bonds is 5. The molecule has 1 aliphatic heterocycles. The summed E-state index contributed by atoms with van der Waals surface area (Å²) in [6.45, 7) is 5.39. The van der Waals surface area contributed by atoms with Crippen LogP contribution >= 0.6 is 0 Å². The Morgan fingerprint density at radius 2 is 2.20 bits per heavy atom. The maximum absolute atomic E-state index is 14.0. The molecule has 1 fully saturated rings. The number of piperidine rings is 1. The van der Waals surface area contributed by atoms with Crippen LogP contribution in [0.5, 0.6) is 0 Å². The predicted octanol–water partition coefficient (Wildman–Crippen LogP) is 2.88. The molecule has 6 heteroatoms. The zero-order valence-electron chi connectivity index (χ0n) is 14.8. The molecule has 0 radical (unpaired) electrons. The summed E-state index contributed by atoms with van der Waals surface area (Å²) in [5.41, 5.74) is 3.71. The summed E-state index contributed by atoms with van der Waals surface area (Å²) in [5, 5.41) is 10.2. The lowest BCUT2D eigenvalue weighted by Gasteiger charge is -2.35. The van der Waals surface area contributed by atoms with E-state index >= 15 is 0 Å². The average Bonchev–Trinajstić information content (AvgIpc) is 2.92. The second-order valence-electron chi connectivity index (χ2n) is 6.72. The maximum Gasteiger partial charge on any atom is 0.220 e. The number of aryl methyl sites for hydroxylation is 2. The summed E-state index contributed by atoms with van der Waals surface area (Å²) in [6, 6.07) is 6.88. The van der Waals surface area contributed by atoms with Gasteiger partial charge < -0.3 is 10.2 Å². The van der Waals surface area contributed by atoms with Crippen molar-refractivity contribution in [1.82, 2.24) is 15.5 Å². The van der Waals surface area contributed by atoms with Crippen LogP contribution in [0.3, 0.4) is 0 Å². The van der Waals surface area contributed by atoms with Crippen molar-refractivity contribution >= 4 is 11.6 Å². The van der Waals surface area contributed by atoms with E-state index in [2.05, 4.69) is 15.5 Å². The van der Waals surface area contributed by atoms with Gasteiger partial charge in [0.15, 0.2) is 0 Å². The van der Waals surface area contributed by atoms with Crippen molar-refractivity contribution in [2.75, 3.05) is 18.0 Å². The van der Waals surface area contributed by atoms with E-state index in [1.54, 1.807) is 12.1 Å². The van der Waals surface area contributed by atoms with Crippen molar-refractivity contribution in [3.63, 3.8) is 0 Å². The highest BCUT2D eigenvalue weighted by molar-refractivity contribution is 5.76. The van der Waals surface area contributed by atoms with Crippen molar-refractivity contribution in [3.05, 3.63) is 47.0 Å². The number of nitrogens with zero attached hydrogens (tertiary/aromatic N) is 2. The molecule has 2 aromatic rings. The quantitative estimate of drug-likeness (QED) is 0.877. The zero-order valence-corrected chi connectivity index (χ0v) is 14.8. The van der Waals surface area contributed by atoms with E-state index in [-0.39, 0.29) is 17.8 Å². The first-order valence-corrected chi connectivity index (χ1v) is 8.84. The normalized spacial score (nSPS) is 17.6. The van der Waals surface area contributed by atoms with Crippen molar-refractivity contribution < 1.29 is 9.18 Å². The van der Waals surface area contributed by atoms with E-state index in [4.69, 9.17) is 0 Å². The van der Waals surface area contributed by atoms with Crippen LogP contribution in [0.2, 0.25) is 0 Å². The molecule has 1 saturated heterocycles. The number of benzene rings is 1. The van der Waals surface area contributed by atoms with Crippen LogP contribution in [0, 0.1) is 19.7 Å². The van der Waals surface area contributed by atoms with Crippen LogP contribution in [0.4, 0.5) is 10.1 Å². The molecule has 2 heterocycles. The number of hydrogen-bond donors (Lipinski definition) is 2. The fraction of sp³-hybridized carbons (Fsp3) is 0.474. The molecule has 1 aromatic heterocycles. The molecule has 134 valence electrons. The zero-order chi connectivity index (χ0) is 17.8. The Morgan fingerprint density at radius 3 is 2.92 bits per heavy atom. The number of aromatic amines is 1. The number of hydrogen-bond acceptors (Lipinski definition) is 3. The fourth-order valence-electron chi connectivity index (χ4n) is 3.50. The van der Waals surface area contributed by atoms with Crippen molar-refractivity contribution in [2.45, 2.75) is 45.6 Å². The number of halogens is 1. The first kappa shape index (κ1) is 17.5. The van der Waals surface area contributed by atoms with Gasteiger partial charge in [0.25, 0.3) is 0 Å². The molecule has 0 spiro atoms. The highest BCUT2D eigenvalue weighted by atomic mass is 19.1. The monoisotopic (exact) mass is 344 g/mol. The Hall–Kier alpha value is -2.37. The van der Waals surface area contributed by atoms with E-state index in [0.29, 0.717) is 25.1 Å². The molecule has 1 amide bonds. The van der Waals surface area contributed by atoms with Gasteiger partial charge in [-0.1, -0.05) is 12.1 Å². The topological polar surface area (TPSA) is 61.0 Å². The molecule has 0 aliphatic carbocycles. The Labute approximate surface area is 147 Å². The Balaban J connectivity index is 1.54. The number of anilines is 1. The average molecular weight is 344 g/mol. The summed E-state index contributed by atoms with van der Waals surface area (Å²) in [5.74, 6) is -0.166. The van der Waals surface area contributed by atoms with Gasteiger partial charge >= 0.3 is 0 Å². The number of amides is 1. The lowest BCUT2D eigenvalue weighted by Crippen LogP contribution is -2.48. The van der Waals surface area contributed by atoms with Crippen LogP contribution in [0.15, 0.2) is 24.3 Å². The Kier molecular flexibility index (Phi) is 5.36. The number of carbonyl (C=O) groups is 1. The van der Waals surface area contributed by atoms with E-state index in [1.165, 1.54) is 6.07 Å². The minimum absolute atomic E-state index is 0.0420. The number of carbonyl (C=O) groups excluding carboxylic acids is 1. The summed E-state index contributed by atoms with van der Waals surface area (Å²) < 4.78 is 14.0. The third kappa shape index (κ3) is 4.18. The molecule has 2 N–H and O–H groups in total. The number of nitrogens with one attached hydrogen (secondary N) is 2. The standard InChI is InChI=1S/C19H25FN4O/c1-13-16(14(2)23-22-13)9-10-19(25)21-15-6-5-11-24(12-15)18-8-4-3-7-17(18)20/h3-4,7-8,15H,5-6,9-12H2,1-2H3,(H,21,25)(H,22,23)/t15-/m1/s1. The predicted molar refractivity (Wildman–Crippen MR) is 96.2 cm³/mol. The third-order valence-corrected chi connectivity index (χ3v) is 4.86. The van der Waals surface area contributed by atoms with Crippen molar-refractivity contribution in [2.24, 2.45) is 0 Å². The molecule has 25 heavy (non-hydrogen) atoms. The van der Waals surface area contributed by atoms with Crippen LogP contribution < -0.4 is 10.2 Å². The highest BCUT2D eigenvalue weighted by Crippen LogP contribution is 2.23. The second kappa shape index (κ2) is 7.68. The van der Waals surface area contributed by atoms with Crippen LogP contribution in [-0.2, 0) is 11.2 Å². The lowest BCUT2D eigenvalue weighted by atomic mass is 10.0. The van der Waals surface area contributed by atoms with Crippen LogP contribution in [0.1, 0.15) is 36.2 Å². The molecule has 1 aromatic carbocycles. The number of aromatic nitrogens is 2. The van der Waals surface area contributed by atoms with Gasteiger partial charge in [-0.2, -0.15) is 5.10 Å². The molecule has 0 saturated carbocycles. The van der Waals surface area contributed by atoms with Gasteiger partial charge in [-0.3, -0.25) is 9.89 Å². The Bertz CT molecular complexity index is 723. The molecule has 0 unspecified atom stereocenters. The summed E-state index contributed by atoms with van der Waals surface area (Å²) in [4.78, 5) is 14.3. The second-order valence-corrected chi connectivity index (χ2v) is 6.72. The van der Waals surface area contributed by atoms with Gasteiger partial charge in [-0.25, -0.2) is 4.39 Å². The summed E-state index contributed by atoms with van der Waals surface area (Å²) >= 11 is 0. The van der Waals surface area contributed by atoms with Gasteiger partial charge in [0.05, 0.1) is 11.4 Å². The summed E-state index contributed by atoms with van der Waals surface area (Å²) in [7, 11) is 0. The molecule has 0 bridgehead atoms. The van der Waals surface area contributed by atoms with Crippen molar-refractivity contribution in [3.8, 4) is 0 Å². The molecule has 1 aliphatic rings. The first-order valence-electron chi connectivity index (χ1n) is 8.84. The van der Waals surface area contributed by atoms with Gasteiger partial charge in [-0.05, 0) is 50.8 Å². The number of para-hydroxylation sites is 1. The van der Waals surface area contributed by atoms with Gasteiger partial charge in [0.2, 0.25) is 5.91 Å². The van der Waals surface area contributed by atoms with E-state index in [1.807, 2.05) is 24.8 Å². The first-order chi connectivity index (χ1) is 12.0. The van der Waals surface area contributed by atoms with E-state index in [9.17, 15) is 9.18 Å². The van der Waals surface area contributed by atoms with E-state index < -0.39 is 0 Å². The van der Waals surface area contributed by atoms with Crippen LogP contribution in [0.25, 0.3) is 0 Å². The molecule has 1 atom stereocenters. The molecule has 3 rings (SSSR count). The third-order valence-electron chi connectivity index (χ3n) is 4.86. The molecular formula is C19H25FN4O. The maximum atomic E-state index is 14.0. The van der Waals surface area contributed by atoms with Gasteiger partial charge in [-0.15, -0.1) is 0 Å². The largest absolute Gasteiger partial charge is 0.367 e. The highest BCUT2D eigenvalue weighted by Gasteiger charge is 2.23. The van der Waals surface area contributed by atoms with Crippen LogP contribution in [-0.4, -0.2) is 35.2 Å². The molecular weight excluding hydrogens is 319 g/mol. The molecule has 5 nitrogen and oxygen atoms in total. The van der Waals surface area contributed by atoms with Crippen molar-refractivity contribution in [1.29, 1.82) is 0 Å². The van der Waals surface area contributed by atoms with Gasteiger partial charge in [0.1, 0.15) is 5.82 Å². The SMILES string of the molecule is Cc1n[nH]c(C)c1CCC(=O)N[C@@H]1CCCN(c2ccccc2F)C1. The van der Waals surface area contributed by atoms with Gasteiger partial charge in [0, 0.05) is 31.2 Å². The smallest absolute Gasteiger partial charge is 0.220 e. The Morgan fingerprint density at radius 1 is 1.40 bits per heavy atom.